The summed E-state index contributed by atoms with van der Waals surface area (Å²) in [6.07, 6.45) is 0.831. The summed E-state index contributed by atoms with van der Waals surface area (Å²) in [5.74, 6) is 1.20. The Kier molecular flexibility index (Phi) is 5.61. The molecule has 0 unspecified atom stereocenters. The SMILES string of the molecule is COc1ccc(NC(=O)N2CCc3ccccc3[C@@H]2c2ccc(C)cc2)cc1OC. The highest BCUT2D eigenvalue weighted by Gasteiger charge is 2.32. The lowest BCUT2D eigenvalue weighted by Gasteiger charge is -2.37. The molecule has 5 nitrogen and oxygen atoms in total. The van der Waals surface area contributed by atoms with Crippen LogP contribution in [0.5, 0.6) is 11.5 Å². The first-order chi connectivity index (χ1) is 14.6. The van der Waals surface area contributed by atoms with Crippen molar-refractivity contribution in [3.63, 3.8) is 0 Å². The molecule has 154 valence electrons. The Morgan fingerprint density at radius 2 is 1.70 bits per heavy atom. The van der Waals surface area contributed by atoms with Crippen molar-refractivity contribution in [1.29, 1.82) is 0 Å². The molecular weight excluding hydrogens is 376 g/mol. The van der Waals surface area contributed by atoms with E-state index in [4.69, 9.17) is 9.47 Å². The van der Waals surface area contributed by atoms with Gasteiger partial charge in [0.25, 0.3) is 0 Å². The fourth-order valence-electron chi connectivity index (χ4n) is 4.00. The Bertz CT molecular complexity index is 1050. The molecule has 1 atom stereocenters. The molecule has 0 radical (unpaired) electrons. The molecule has 0 saturated carbocycles. The second kappa shape index (κ2) is 8.49. The van der Waals surface area contributed by atoms with E-state index >= 15 is 0 Å². The van der Waals surface area contributed by atoms with Crippen LogP contribution in [0.25, 0.3) is 0 Å². The third kappa shape index (κ3) is 3.83. The molecule has 3 aromatic carbocycles. The number of carbonyl (C=O) groups excluding carboxylic acids is 1. The number of hydrogen-bond acceptors (Lipinski definition) is 3. The number of fused-ring (bicyclic) bond motifs is 1. The van der Waals surface area contributed by atoms with Crippen LogP contribution in [0.15, 0.2) is 66.7 Å². The first kappa shape index (κ1) is 19.8. The molecular formula is C25H26N2O3. The van der Waals surface area contributed by atoms with Crippen LogP contribution in [0.2, 0.25) is 0 Å². The number of amides is 2. The molecule has 5 heteroatoms. The Labute approximate surface area is 177 Å². The first-order valence-electron chi connectivity index (χ1n) is 10.0. The van der Waals surface area contributed by atoms with Crippen molar-refractivity contribution in [2.45, 2.75) is 19.4 Å². The van der Waals surface area contributed by atoms with Gasteiger partial charge in [0.2, 0.25) is 0 Å². The van der Waals surface area contributed by atoms with E-state index in [9.17, 15) is 4.79 Å². The Morgan fingerprint density at radius 1 is 0.967 bits per heavy atom. The molecule has 1 aliphatic heterocycles. The van der Waals surface area contributed by atoms with E-state index in [1.165, 1.54) is 16.7 Å². The van der Waals surface area contributed by atoms with Crippen LogP contribution in [0.3, 0.4) is 0 Å². The summed E-state index contributed by atoms with van der Waals surface area (Å²) in [5.41, 5.74) is 5.44. The zero-order valence-corrected chi connectivity index (χ0v) is 17.5. The van der Waals surface area contributed by atoms with E-state index in [0.717, 1.165) is 12.0 Å². The summed E-state index contributed by atoms with van der Waals surface area (Å²) in [6.45, 7) is 2.72. The largest absolute Gasteiger partial charge is 0.493 e. The summed E-state index contributed by atoms with van der Waals surface area (Å²) in [7, 11) is 3.17. The van der Waals surface area contributed by atoms with Gasteiger partial charge >= 0.3 is 6.03 Å². The first-order valence-corrected chi connectivity index (χ1v) is 10.0. The third-order valence-electron chi connectivity index (χ3n) is 5.57. The van der Waals surface area contributed by atoms with Gasteiger partial charge in [0, 0.05) is 18.3 Å². The average Bonchev–Trinajstić information content (AvgIpc) is 2.78. The van der Waals surface area contributed by atoms with Crippen LogP contribution in [0.4, 0.5) is 10.5 Å². The summed E-state index contributed by atoms with van der Waals surface area (Å²) in [6, 6.07) is 21.9. The topological polar surface area (TPSA) is 50.8 Å². The van der Waals surface area contributed by atoms with Gasteiger partial charge in [-0.2, -0.15) is 0 Å². The van der Waals surface area contributed by atoms with E-state index in [2.05, 4.69) is 54.7 Å². The molecule has 2 amide bonds. The van der Waals surface area contributed by atoms with Gasteiger partial charge in [-0.05, 0) is 42.2 Å². The monoisotopic (exact) mass is 402 g/mol. The quantitative estimate of drug-likeness (QED) is 0.653. The van der Waals surface area contributed by atoms with Gasteiger partial charge in [0.1, 0.15) is 0 Å². The molecule has 0 fully saturated rings. The van der Waals surface area contributed by atoms with Crippen molar-refractivity contribution in [2.24, 2.45) is 0 Å². The number of carbonyl (C=O) groups is 1. The predicted octanol–water partition coefficient (Wildman–Crippen LogP) is 5.19. The highest BCUT2D eigenvalue weighted by atomic mass is 16.5. The minimum atomic E-state index is -0.137. The van der Waals surface area contributed by atoms with E-state index in [0.29, 0.717) is 23.7 Å². The average molecular weight is 402 g/mol. The highest BCUT2D eigenvalue weighted by molar-refractivity contribution is 5.90. The fourth-order valence-corrected chi connectivity index (χ4v) is 4.00. The molecule has 3 aromatic rings. The Balaban J connectivity index is 1.66. The lowest BCUT2D eigenvalue weighted by Crippen LogP contribution is -2.43. The van der Waals surface area contributed by atoms with Gasteiger partial charge in [-0.3, -0.25) is 0 Å². The molecule has 30 heavy (non-hydrogen) atoms. The number of nitrogens with zero attached hydrogens (tertiary/aromatic N) is 1. The van der Waals surface area contributed by atoms with Crippen LogP contribution in [0, 0.1) is 6.92 Å². The van der Waals surface area contributed by atoms with Crippen molar-refractivity contribution in [1.82, 2.24) is 4.90 Å². The third-order valence-corrected chi connectivity index (χ3v) is 5.57. The van der Waals surface area contributed by atoms with E-state index in [1.807, 2.05) is 17.0 Å². The van der Waals surface area contributed by atoms with Crippen molar-refractivity contribution in [3.05, 3.63) is 89.0 Å². The fraction of sp³-hybridized carbons (Fsp3) is 0.240. The van der Waals surface area contributed by atoms with Gasteiger partial charge < -0.3 is 19.7 Å². The van der Waals surface area contributed by atoms with Gasteiger partial charge in [0.05, 0.1) is 20.3 Å². The number of anilines is 1. The number of hydrogen-bond donors (Lipinski definition) is 1. The summed E-state index contributed by atoms with van der Waals surface area (Å²) >= 11 is 0. The van der Waals surface area contributed by atoms with Crippen LogP contribution >= 0.6 is 0 Å². The molecule has 0 aliphatic carbocycles. The van der Waals surface area contributed by atoms with Crippen LogP contribution in [0.1, 0.15) is 28.3 Å². The maximum atomic E-state index is 13.3. The summed E-state index contributed by atoms with van der Waals surface area (Å²) in [4.78, 5) is 15.2. The number of rotatable bonds is 4. The van der Waals surface area contributed by atoms with Crippen molar-refractivity contribution in [2.75, 3.05) is 26.1 Å². The second-order valence-corrected chi connectivity index (χ2v) is 7.46. The lowest BCUT2D eigenvalue weighted by atomic mass is 9.88. The second-order valence-electron chi connectivity index (χ2n) is 7.46. The van der Waals surface area contributed by atoms with Crippen LogP contribution in [-0.2, 0) is 6.42 Å². The minimum Gasteiger partial charge on any atom is -0.493 e. The number of methoxy groups -OCH3 is 2. The molecule has 4 rings (SSSR count). The normalized spacial score (nSPS) is 15.3. The molecule has 0 aromatic heterocycles. The number of benzene rings is 3. The number of ether oxygens (including phenoxy) is 2. The minimum absolute atomic E-state index is 0.129. The maximum absolute atomic E-state index is 13.3. The van der Waals surface area contributed by atoms with E-state index < -0.39 is 0 Å². The Morgan fingerprint density at radius 3 is 2.43 bits per heavy atom. The molecule has 0 saturated heterocycles. The lowest BCUT2D eigenvalue weighted by molar-refractivity contribution is 0.194. The van der Waals surface area contributed by atoms with Gasteiger partial charge in [0.15, 0.2) is 11.5 Å². The zero-order valence-electron chi connectivity index (χ0n) is 17.5. The van der Waals surface area contributed by atoms with Gasteiger partial charge in [-0.1, -0.05) is 54.1 Å². The number of urea groups is 1. The number of aryl methyl sites for hydroxylation is 1. The van der Waals surface area contributed by atoms with Crippen LogP contribution < -0.4 is 14.8 Å². The smallest absolute Gasteiger partial charge is 0.322 e. The summed E-state index contributed by atoms with van der Waals surface area (Å²) in [5, 5.41) is 3.03. The van der Waals surface area contributed by atoms with Gasteiger partial charge in [-0.25, -0.2) is 4.79 Å². The molecule has 0 bridgehead atoms. The molecule has 1 aliphatic rings. The van der Waals surface area contributed by atoms with Gasteiger partial charge in [-0.15, -0.1) is 0 Å². The van der Waals surface area contributed by atoms with Crippen LogP contribution in [-0.4, -0.2) is 31.7 Å². The molecule has 1 N–H and O–H groups in total. The van der Waals surface area contributed by atoms with Crippen molar-refractivity contribution < 1.29 is 14.3 Å². The highest BCUT2D eigenvalue weighted by Crippen LogP contribution is 2.36. The molecule has 1 heterocycles. The maximum Gasteiger partial charge on any atom is 0.322 e. The zero-order chi connectivity index (χ0) is 21.1. The van der Waals surface area contributed by atoms with Crippen molar-refractivity contribution >= 4 is 11.7 Å². The molecule has 0 spiro atoms. The predicted molar refractivity (Wildman–Crippen MR) is 118 cm³/mol. The Hall–Kier alpha value is -3.47. The van der Waals surface area contributed by atoms with E-state index in [1.54, 1.807) is 26.4 Å². The summed E-state index contributed by atoms with van der Waals surface area (Å²) < 4.78 is 10.7. The van der Waals surface area contributed by atoms with Crippen molar-refractivity contribution in [3.8, 4) is 11.5 Å². The standard InChI is InChI=1S/C25H26N2O3/c1-17-8-10-19(11-9-17)24-21-7-5-4-6-18(21)14-15-27(24)25(28)26-20-12-13-22(29-2)23(16-20)30-3/h4-13,16,24H,14-15H2,1-3H3,(H,26,28)/t24-/m0/s1. The number of nitrogens with one attached hydrogen (secondary N) is 1. The van der Waals surface area contributed by atoms with E-state index in [-0.39, 0.29) is 12.1 Å².